The van der Waals surface area contributed by atoms with E-state index >= 15 is 0 Å². The minimum absolute atomic E-state index is 0.172. The third-order valence-electron chi connectivity index (χ3n) is 4.00. The number of amidine groups is 1. The van der Waals surface area contributed by atoms with Crippen LogP contribution in [0.1, 0.15) is 12.0 Å². The summed E-state index contributed by atoms with van der Waals surface area (Å²) in [4.78, 5) is 21.2. The standard InChI is InChI=1S/C16H19N3O2S/c1-18(2)12-7-8-19(10-12)16-17-15(21)14(22-16)9-11-5-3-4-6-13(11)20/h3-6,9,12,20H,7-8,10H2,1-2H3/t12-/m0/s1. The summed E-state index contributed by atoms with van der Waals surface area (Å²) in [7, 11) is 4.15. The van der Waals surface area contributed by atoms with E-state index in [0.717, 1.165) is 24.7 Å². The maximum atomic E-state index is 12.1. The van der Waals surface area contributed by atoms with E-state index in [1.54, 1.807) is 24.3 Å². The van der Waals surface area contributed by atoms with Gasteiger partial charge in [-0.1, -0.05) is 18.2 Å². The number of aromatic hydroxyl groups is 1. The minimum Gasteiger partial charge on any atom is -0.507 e. The highest BCUT2D eigenvalue weighted by Crippen LogP contribution is 2.33. The number of hydrogen-bond acceptors (Lipinski definition) is 5. The number of thioether (sulfide) groups is 1. The van der Waals surface area contributed by atoms with Crippen LogP contribution in [0, 0.1) is 0 Å². The number of carbonyl (C=O) groups is 1. The van der Waals surface area contributed by atoms with Crippen LogP contribution in [0.4, 0.5) is 0 Å². The molecule has 2 aliphatic rings. The van der Waals surface area contributed by atoms with Crippen LogP contribution < -0.4 is 0 Å². The normalized spacial score (nSPS) is 23.7. The highest BCUT2D eigenvalue weighted by atomic mass is 32.2. The van der Waals surface area contributed by atoms with Crippen molar-refractivity contribution in [3.8, 4) is 5.75 Å². The van der Waals surface area contributed by atoms with Crippen molar-refractivity contribution in [1.29, 1.82) is 0 Å². The molecule has 6 heteroatoms. The van der Waals surface area contributed by atoms with Gasteiger partial charge in [0.25, 0.3) is 5.91 Å². The maximum absolute atomic E-state index is 12.1. The fourth-order valence-corrected chi connectivity index (χ4v) is 3.56. The van der Waals surface area contributed by atoms with Gasteiger partial charge in [-0.05, 0) is 44.4 Å². The van der Waals surface area contributed by atoms with Crippen molar-refractivity contribution < 1.29 is 9.90 Å². The van der Waals surface area contributed by atoms with Crippen molar-refractivity contribution in [3.05, 3.63) is 34.7 Å². The molecule has 1 fully saturated rings. The summed E-state index contributed by atoms with van der Waals surface area (Å²) < 4.78 is 0. The fourth-order valence-electron chi connectivity index (χ4n) is 2.62. The number of likely N-dealkylation sites (N-methyl/N-ethyl adjacent to an activating group) is 1. The van der Waals surface area contributed by atoms with Crippen LogP contribution in [-0.2, 0) is 4.79 Å². The first kappa shape index (κ1) is 15.1. The van der Waals surface area contributed by atoms with E-state index in [1.807, 2.05) is 6.07 Å². The van der Waals surface area contributed by atoms with Gasteiger partial charge in [-0.25, -0.2) is 0 Å². The molecule has 0 aromatic heterocycles. The lowest BCUT2D eigenvalue weighted by atomic mass is 10.2. The monoisotopic (exact) mass is 317 g/mol. The van der Waals surface area contributed by atoms with E-state index in [-0.39, 0.29) is 11.7 Å². The summed E-state index contributed by atoms with van der Waals surface area (Å²) in [5.41, 5.74) is 0.641. The Morgan fingerprint density at radius 3 is 2.86 bits per heavy atom. The number of aliphatic imine (C=N–C) groups is 1. The van der Waals surface area contributed by atoms with Crippen LogP contribution in [0.5, 0.6) is 5.75 Å². The van der Waals surface area contributed by atoms with Crippen molar-refractivity contribution in [2.24, 2.45) is 4.99 Å². The molecule has 0 aliphatic carbocycles. The highest BCUT2D eigenvalue weighted by Gasteiger charge is 2.31. The zero-order valence-electron chi connectivity index (χ0n) is 12.7. The SMILES string of the molecule is CN(C)[C@H]1CCN(C2=NC(=O)C(=Cc3ccccc3O)S2)C1. The van der Waals surface area contributed by atoms with E-state index in [9.17, 15) is 9.90 Å². The molecule has 0 spiro atoms. The molecular weight excluding hydrogens is 298 g/mol. The number of carbonyl (C=O) groups excluding carboxylic acids is 1. The summed E-state index contributed by atoms with van der Waals surface area (Å²) in [6.07, 6.45) is 2.79. The summed E-state index contributed by atoms with van der Waals surface area (Å²) >= 11 is 1.39. The Morgan fingerprint density at radius 2 is 2.18 bits per heavy atom. The quantitative estimate of drug-likeness (QED) is 0.846. The number of likely N-dealkylation sites (tertiary alicyclic amines) is 1. The number of rotatable bonds is 2. The first-order chi connectivity index (χ1) is 10.5. The smallest absolute Gasteiger partial charge is 0.286 e. The first-order valence-electron chi connectivity index (χ1n) is 7.26. The van der Waals surface area contributed by atoms with Crippen LogP contribution in [0.15, 0.2) is 34.2 Å². The van der Waals surface area contributed by atoms with Crippen molar-refractivity contribution in [3.63, 3.8) is 0 Å². The van der Waals surface area contributed by atoms with E-state index < -0.39 is 0 Å². The van der Waals surface area contributed by atoms with Gasteiger partial charge in [-0.15, -0.1) is 0 Å². The lowest BCUT2D eigenvalue weighted by Gasteiger charge is -2.20. The Hall–Kier alpha value is -1.79. The molecule has 1 aromatic carbocycles. The molecule has 0 unspecified atom stereocenters. The minimum atomic E-state index is -0.225. The van der Waals surface area contributed by atoms with Gasteiger partial charge in [-0.2, -0.15) is 4.99 Å². The molecule has 0 bridgehead atoms. The molecule has 0 saturated carbocycles. The molecule has 1 aromatic rings. The Bertz CT molecular complexity index is 655. The molecule has 2 aliphatic heterocycles. The molecule has 1 amide bonds. The van der Waals surface area contributed by atoms with Gasteiger partial charge in [-0.3, -0.25) is 4.79 Å². The summed E-state index contributed by atoms with van der Waals surface area (Å²) in [6.45, 7) is 1.82. The second-order valence-corrected chi connectivity index (χ2v) is 6.73. The second kappa shape index (κ2) is 6.14. The molecular formula is C16H19N3O2S. The second-order valence-electron chi connectivity index (χ2n) is 5.72. The predicted octanol–water partition coefficient (Wildman–Crippen LogP) is 2.00. The molecule has 3 rings (SSSR count). The van der Waals surface area contributed by atoms with Gasteiger partial charge in [0.2, 0.25) is 0 Å². The third kappa shape index (κ3) is 3.03. The molecule has 22 heavy (non-hydrogen) atoms. The number of benzene rings is 1. The summed E-state index contributed by atoms with van der Waals surface area (Å²) in [5, 5.41) is 10.6. The zero-order chi connectivity index (χ0) is 15.7. The zero-order valence-corrected chi connectivity index (χ0v) is 13.5. The predicted molar refractivity (Wildman–Crippen MR) is 89.8 cm³/mol. The largest absolute Gasteiger partial charge is 0.507 e. The van der Waals surface area contributed by atoms with E-state index in [0.29, 0.717) is 16.5 Å². The van der Waals surface area contributed by atoms with Gasteiger partial charge in [0.1, 0.15) is 5.75 Å². The topological polar surface area (TPSA) is 56.1 Å². The Morgan fingerprint density at radius 1 is 1.41 bits per heavy atom. The molecule has 1 saturated heterocycles. The average Bonchev–Trinajstić information content (AvgIpc) is 3.09. The number of phenols is 1. The molecule has 2 heterocycles. The summed E-state index contributed by atoms with van der Waals surface area (Å²) in [6, 6.07) is 7.49. The lowest BCUT2D eigenvalue weighted by Crippen LogP contribution is -2.33. The van der Waals surface area contributed by atoms with E-state index in [2.05, 4.69) is 28.9 Å². The fraction of sp³-hybridized carbons (Fsp3) is 0.375. The van der Waals surface area contributed by atoms with Gasteiger partial charge in [0, 0.05) is 24.7 Å². The first-order valence-corrected chi connectivity index (χ1v) is 8.08. The maximum Gasteiger partial charge on any atom is 0.286 e. The Balaban J connectivity index is 1.73. The van der Waals surface area contributed by atoms with Crippen molar-refractivity contribution in [2.75, 3.05) is 27.2 Å². The average molecular weight is 317 g/mol. The van der Waals surface area contributed by atoms with Crippen LogP contribution in [0.2, 0.25) is 0 Å². The van der Waals surface area contributed by atoms with Crippen LogP contribution in [0.3, 0.4) is 0 Å². The van der Waals surface area contributed by atoms with Crippen molar-refractivity contribution in [1.82, 2.24) is 9.80 Å². The number of para-hydroxylation sites is 1. The van der Waals surface area contributed by atoms with Gasteiger partial charge < -0.3 is 14.9 Å². The van der Waals surface area contributed by atoms with Gasteiger partial charge >= 0.3 is 0 Å². The van der Waals surface area contributed by atoms with Crippen LogP contribution in [-0.4, -0.2) is 59.2 Å². The molecule has 5 nitrogen and oxygen atoms in total. The van der Waals surface area contributed by atoms with E-state index in [1.165, 1.54) is 11.8 Å². The summed E-state index contributed by atoms with van der Waals surface area (Å²) in [5.74, 6) is -0.0535. The third-order valence-corrected chi connectivity index (χ3v) is 5.04. The Labute approximate surface area is 134 Å². The van der Waals surface area contributed by atoms with E-state index in [4.69, 9.17) is 0 Å². The molecule has 1 atom stereocenters. The van der Waals surface area contributed by atoms with Crippen LogP contribution >= 0.6 is 11.8 Å². The molecule has 0 radical (unpaired) electrons. The van der Waals surface area contributed by atoms with Crippen molar-refractivity contribution >= 4 is 28.9 Å². The van der Waals surface area contributed by atoms with Gasteiger partial charge in [0.15, 0.2) is 5.17 Å². The van der Waals surface area contributed by atoms with Gasteiger partial charge in [0.05, 0.1) is 4.91 Å². The lowest BCUT2D eigenvalue weighted by molar-refractivity contribution is -0.113. The number of phenolic OH excluding ortho intramolecular Hbond substituents is 1. The Kier molecular flexibility index (Phi) is 4.22. The number of hydrogen-bond donors (Lipinski definition) is 1. The molecule has 116 valence electrons. The van der Waals surface area contributed by atoms with Crippen molar-refractivity contribution in [2.45, 2.75) is 12.5 Å². The number of nitrogens with zero attached hydrogens (tertiary/aromatic N) is 3. The number of amides is 1. The van der Waals surface area contributed by atoms with Crippen LogP contribution in [0.25, 0.3) is 6.08 Å². The molecule has 1 N–H and O–H groups in total. The highest BCUT2D eigenvalue weighted by molar-refractivity contribution is 8.18.